The fraction of sp³-hybridized carbons (Fsp3) is 0.250. The summed E-state index contributed by atoms with van der Waals surface area (Å²) in [4.78, 5) is 11.0. The maximum atomic E-state index is 11.0. The largest absolute Gasteiger partial charge is 0.377 e. The number of rotatable bonds is 4. The molecule has 0 saturated carbocycles. The quantitative estimate of drug-likeness (QED) is 0.667. The summed E-state index contributed by atoms with van der Waals surface area (Å²) < 4.78 is -0.1000. The van der Waals surface area contributed by atoms with E-state index < -0.39 is 0 Å². The summed E-state index contributed by atoms with van der Waals surface area (Å²) in [6.45, 7) is 7.81. The Balaban J connectivity index is 2.81. The van der Waals surface area contributed by atoms with Gasteiger partial charge in [-0.1, -0.05) is 6.08 Å². The summed E-state index contributed by atoms with van der Waals surface area (Å²) in [5, 5.41) is 3.29. The van der Waals surface area contributed by atoms with Crippen molar-refractivity contribution in [3.8, 4) is 0 Å². The minimum atomic E-state index is -0.153. The van der Waals surface area contributed by atoms with Crippen LogP contribution >= 0.6 is 15.9 Å². The van der Waals surface area contributed by atoms with Crippen LogP contribution in [0.15, 0.2) is 36.9 Å². The van der Waals surface area contributed by atoms with E-state index in [0.29, 0.717) is 5.56 Å². The first-order chi connectivity index (χ1) is 6.94. The zero-order valence-corrected chi connectivity index (χ0v) is 10.5. The van der Waals surface area contributed by atoms with Crippen molar-refractivity contribution in [2.75, 3.05) is 5.32 Å². The molecule has 0 aliphatic carbocycles. The first-order valence-corrected chi connectivity index (χ1v) is 5.45. The van der Waals surface area contributed by atoms with Gasteiger partial charge in [-0.3, -0.25) is 4.79 Å². The smallest absolute Gasteiger partial charge is 0.228 e. The van der Waals surface area contributed by atoms with Gasteiger partial charge < -0.3 is 5.32 Å². The summed E-state index contributed by atoms with van der Waals surface area (Å²) in [6.07, 6.45) is 1.84. The standard InChI is InChI=1S/C12H14BrNO/c1-4-12(2,3)14-10-7-5-9(6-8-10)11(13)15/h4-8,14H,1H2,2-3H3. The molecular weight excluding hydrogens is 254 g/mol. The molecule has 0 spiro atoms. The Kier molecular flexibility index (Phi) is 3.69. The molecule has 0 aliphatic rings. The van der Waals surface area contributed by atoms with E-state index in [1.54, 1.807) is 12.1 Å². The molecule has 2 nitrogen and oxygen atoms in total. The van der Waals surface area contributed by atoms with Crippen molar-refractivity contribution in [1.82, 2.24) is 0 Å². The van der Waals surface area contributed by atoms with Gasteiger partial charge in [-0.2, -0.15) is 0 Å². The molecule has 1 aromatic carbocycles. The highest BCUT2D eigenvalue weighted by Crippen LogP contribution is 2.17. The summed E-state index contributed by atoms with van der Waals surface area (Å²) in [6, 6.07) is 7.30. The Bertz CT molecular complexity index is 368. The summed E-state index contributed by atoms with van der Waals surface area (Å²) in [5.41, 5.74) is 1.47. The fourth-order valence-electron chi connectivity index (χ4n) is 1.11. The molecular formula is C12H14BrNO. The van der Waals surface area contributed by atoms with Crippen molar-refractivity contribution in [1.29, 1.82) is 0 Å². The third-order valence-corrected chi connectivity index (χ3v) is 2.55. The summed E-state index contributed by atoms with van der Waals surface area (Å²) in [7, 11) is 0. The van der Waals surface area contributed by atoms with Crippen molar-refractivity contribution in [3.05, 3.63) is 42.5 Å². The molecule has 0 atom stereocenters. The van der Waals surface area contributed by atoms with Crippen LogP contribution < -0.4 is 5.32 Å². The van der Waals surface area contributed by atoms with E-state index in [2.05, 4.69) is 27.8 Å². The molecule has 15 heavy (non-hydrogen) atoms. The van der Waals surface area contributed by atoms with E-state index >= 15 is 0 Å². The highest BCUT2D eigenvalue weighted by atomic mass is 79.9. The van der Waals surface area contributed by atoms with Crippen LogP contribution in [0.3, 0.4) is 0 Å². The average molecular weight is 268 g/mol. The number of carbonyl (C=O) groups excluding carboxylic acids is 1. The lowest BCUT2D eigenvalue weighted by molar-refractivity contribution is 0.109. The Hall–Kier alpha value is -1.09. The maximum Gasteiger partial charge on any atom is 0.228 e. The highest BCUT2D eigenvalue weighted by Gasteiger charge is 2.11. The summed E-state index contributed by atoms with van der Waals surface area (Å²) >= 11 is 2.91. The lowest BCUT2D eigenvalue weighted by atomic mass is 10.1. The van der Waals surface area contributed by atoms with Gasteiger partial charge in [0.1, 0.15) is 0 Å². The molecule has 0 fully saturated rings. The minimum Gasteiger partial charge on any atom is -0.377 e. The minimum absolute atomic E-state index is 0.1000. The molecule has 0 unspecified atom stereocenters. The Morgan fingerprint density at radius 2 is 1.93 bits per heavy atom. The van der Waals surface area contributed by atoms with Gasteiger partial charge in [-0.25, -0.2) is 0 Å². The van der Waals surface area contributed by atoms with Crippen molar-refractivity contribution in [2.45, 2.75) is 19.4 Å². The van der Waals surface area contributed by atoms with Gasteiger partial charge in [0.25, 0.3) is 0 Å². The van der Waals surface area contributed by atoms with Crippen LogP contribution in [0.5, 0.6) is 0 Å². The van der Waals surface area contributed by atoms with Crippen molar-refractivity contribution < 1.29 is 4.79 Å². The molecule has 0 heterocycles. The number of nitrogens with one attached hydrogen (secondary N) is 1. The van der Waals surface area contributed by atoms with E-state index in [4.69, 9.17) is 0 Å². The SMILES string of the molecule is C=CC(C)(C)Nc1ccc(C(=O)Br)cc1. The monoisotopic (exact) mass is 267 g/mol. The first-order valence-electron chi connectivity index (χ1n) is 4.66. The molecule has 80 valence electrons. The molecule has 1 aromatic rings. The van der Waals surface area contributed by atoms with E-state index in [-0.39, 0.29) is 10.2 Å². The van der Waals surface area contributed by atoms with E-state index in [0.717, 1.165) is 5.69 Å². The first kappa shape index (κ1) is 12.0. The predicted octanol–water partition coefficient (Wildman–Crippen LogP) is 3.60. The van der Waals surface area contributed by atoms with E-state index in [9.17, 15) is 4.79 Å². The third-order valence-electron chi connectivity index (χ3n) is 2.09. The normalized spacial score (nSPS) is 10.9. The molecule has 0 saturated heterocycles. The van der Waals surface area contributed by atoms with Crippen LogP contribution in [0.25, 0.3) is 0 Å². The van der Waals surface area contributed by atoms with Crippen LogP contribution in [-0.4, -0.2) is 10.2 Å². The molecule has 0 aromatic heterocycles. The van der Waals surface area contributed by atoms with Crippen LogP contribution in [0.1, 0.15) is 24.2 Å². The number of hydrogen-bond donors (Lipinski definition) is 1. The van der Waals surface area contributed by atoms with Gasteiger partial charge in [0, 0.05) is 16.8 Å². The Morgan fingerprint density at radius 3 is 2.33 bits per heavy atom. The fourth-order valence-corrected chi connectivity index (χ4v) is 1.37. The second kappa shape index (κ2) is 4.62. The highest BCUT2D eigenvalue weighted by molar-refractivity contribution is 9.18. The second-order valence-corrected chi connectivity index (χ2v) is 4.62. The van der Waals surface area contributed by atoms with Gasteiger partial charge in [0.2, 0.25) is 4.69 Å². The Labute approximate surface area is 98.5 Å². The van der Waals surface area contributed by atoms with Crippen LogP contribution in [-0.2, 0) is 0 Å². The van der Waals surface area contributed by atoms with Crippen molar-refractivity contribution in [3.63, 3.8) is 0 Å². The lowest BCUT2D eigenvalue weighted by Gasteiger charge is -2.23. The number of benzene rings is 1. The van der Waals surface area contributed by atoms with Gasteiger partial charge in [-0.15, -0.1) is 6.58 Å². The second-order valence-electron chi connectivity index (χ2n) is 3.90. The zero-order chi connectivity index (χ0) is 11.5. The van der Waals surface area contributed by atoms with Crippen LogP contribution in [0, 0.1) is 0 Å². The van der Waals surface area contributed by atoms with E-state index in [1.807, 2.05) is 32.1 Å². The number of hydrogen-bond acceptors (Lipinski definition) is 2. The molecule has 0 aliphatic heterocycles. The van der Waals surface area contributed by atoms with Crippen LogP contribution in [0.2, 0.25) is 0 Å². The van der Waals surface area contributed by atoms with E-state index in [1.165, 1.54) is 0 Å². The maximum absolute atomic E-state index is 11.0. The molecule has 0 amide bonds. The lowest BCUT2D eigenvalue weighted by Crippen LogP contribution is -2.27. The molecule has 3 heteroatoms. The van der Waals surface area contributed by atoms with Gasteiger partial charge in [0.05, 0.1) is 0 Å². The molecule has 0 radical (unpaired) electrons. The average Bonchev–Trinajstić information content (AvgIpc) is 2.18. The van der Waals surface area contributed by atoms with Crippen LogP contribution in [0.4, 0.5) is 5.69 Å². The number of anilines is 1. The summed E-state index contributed by atoms with van der Waals surface area (Å²) in [5.74, 6) is 0. The third kappa shape index (κ3) is 3.51. The van der Waals surface area contributed by atoms with Gasteiger partial charge >= 0.3 is 0 Å². The van der Waals surface area contributed by atoms with Crippen molar-refractivity contribution in [2.24, 2.45) is 0 Å². The number of halogens is 1. The van der Waals surface area contributed by atoms with Gasteiger partial charge in [-0.05, 0) is 54.0 Å². The molecule has 1 rings (SSSR count). The topological polar surface area (TPSA) is 29.1 Å². The predicted molar refractivity (Wildman–Crippen MR) is 67.6 cm³/mol. The number of carbonyl (C=O) groups is 1. The zero-order valence-electron chi connectivity index (χ0n) is 8.88. The van der Waals surface area contributed by atoms with Crippen molar-refractivity contribution >= 4 is 26.3 Å². The molecule has 0 bridgehead atoms. The Morgan fingerprint density at radius 1 is 1.40 bits per heavy atom. The molecule has 1 N–H and O–H groups in total. The van der Waals surface area contributed by atoms with Gasteiger partial charge in [0.15, 0.2) is 0 Å².